The van der Waals surface area contributed by atoms with E-state index in [4.69, 9.17) is 19.9 Å². The molecule has 13 nitrogen and oxygen atoms in total. The van der Waals surface area contributed by atoms with Crippen molar-refractivity contribution < 1.29 is 32.2 Å². The highest BCUT2D eigenvalue weighted by atomic mass is 32.2. The molecule has 3 N–H and O–H groups in total. The van der Waals surface area contributed by atoms with Crippen molar-refractivity contribution >= 4 is 33.5 Å². The number of nitriles is 1. The van der Waals surface area contributed by atoms with E-state index in [9.17, 15) is 23.3 Å². The van der Waals surface area contributed by atoms with Gasteiger partial charge in [0.2, 0.25) is 5.88 Å². The number of anilines is 2. The van der Waals surface area contributed by atoms with E-state index in [1.165, 1.54) is 43.5 Å². The fraction of sp³-hybridized carbons (Fsp3) is 0.148. The fourth-order valence-corrected chi connectivity index (χ4v) is 5.23. The van der Waals surface area contributed by atoms with Gasteiger partial charge in [-0.15, -0.1) is 10.2 Å². The highest BCUT2D eigenvalue weighted by molar-refractivity contribution is 7.92. The van der Waals surface area contributed by atoms with Gasteiger partial charge in [0.05, 0.1) is 49.4 Å². The van der Waals surface area contributed by atoms with Crippen molar-refractivity contribution in [3.8, 4) is 11.9 Å². The Morgan fingerprint density at radius 2 is 1.61 bits per heavy atom. The van der Waals surface area contributed by atoms with Crippen LogP contribution in [0.5, 0.6) is 5.88 Å². The molecule has 0 amide bonds. The molecule has 1 aliphatic heterocycles. The predicted octanol–water partition coefficient (Wildman–Crippen LogP) is 2.18. The van der Waals surface area contributed by atoms with Gasteiger partial charge in [0.1, 0.15) is 11.5 Å². The first-order valence-corrected chi connectivity index (χ1v) is 13.3. The molecule has 0 fully saturated rings. The average molecular weight is 577 g/mol. The lowest BCUT2D eigenvalue weighted by atomic mass is 9.81. The molecule has 2 heterocycles. The number of esters is 2. The number of methoxy groups -OCH3 is 3. The van der Waals surface area contributed by atoms with Gasteiger partial charge in [0.25, 0.3) is 10.0 Å². The van der Waals surface area contributed by atoms with Crippen LogP contribution in [-0.4, -0.2) is 51.9 Å². The lowest BCUT2D eigenvalue weighted by molar-refractivity contribution is -0.139. The predicted molar refractivity (Wildman–Crippen MR) is 145 cm³/mol. The quantitative estimate of drug-likeness (QED) is 0.373. The van der Waals surface area contributed by atoms with Crippen molar-refractivity contribution in [1.29, 1.82) is 5.26 Å². The van der Waals surface area contributed by atoms with E-state index < -0.39 is 27.9 Å². The summed E-state index contributed by atoms with van der Waals surface area (Å²) in [7, 11) is -0.432. The monoisotopic (exact) mass is 576 g/mol. The van der Waals surface area contributed by atoms with Gasteiger partial charge in [-0.1, -0.05) is 30.3 Å². The number of carbonyl (C=O) groups is 2. The van der Waals surface area contributed by atoms with Crippen LogP contribution in [0.4, 0.5) is 11.5 Å². The van der Waals surface area contributed by atoms with Crippen LogP contribution in [0.3, 0.4) is 0 Å². The number of carbonyl (C=O) groups excluding carboxylic acids is 2. The van der Waals surface area contributed by atoms with Crippen molar-refractivity contribution in [2.75, 3.05) is 31.0 Å². The maximum absolute atomic E-state index is 13.2. The Hall–Kier alpha value is -5.42. The highest BCUT2D eigenvalue weighted by Gasteiger charge is 2.43. The Balaban J connectivity index is 1.83. The maximum Gasteiger partial charge on any atom is 0.355 e. The third kappa shape index (κ3) is 5.52. The normalized spacial score (nSPS) is 15.2. The highest BCUT2D eigenvalue weighted by Crippen LogP contribution is 2.43. The third-order valence-electron chi connectivity index (χ3n) is 6.10. The Labute approximate surface area is 235 Å². The molecule has 0 saturated heterocycles. The lowest BCUT2D eigenvalue weighted by Gasteiger charge is -2.35. The zero-order chi connectivity index (χ0) is 29.7. The number of rotatable bonds is 8. The van der Waals surface area contributed by atoms with Crippen LogP contribution in [0.25, 0.3) is 0 Å². The summed E-state index contributed by atoms with van der Waals surface area (Å²) in [5.41, 5.74) is 6.67. The van der Waals surface area contributed by atoms with E-state index in [1.54, 1.807) is 30.3 Å². The topological polar surface area (TPSA) is 187 Å². The Morgan fingerprint density at radius 1 is 0.951 bits per heavy atom. The fourth-order valence-electron chi connectivity index (χ4n) is 4.24. The summed E-state index contributed by atoms with van der Waals surface area (Å²) < 4.78 is 43.1. The Kier molecular flexibility index (Phi) is 8.20. The summed E-state index contributed by atoms with van der Waals surface area (Å²) in [6.45, 7) is 0. The second-order valence-electron chi connectivity index (χ2n) is 8.40. The van der Waals surface area contributed by atoms with Crippen LogP contribution in [0, 0.1) is 11.3 Å². The molecular weight excluding hydrogens is 552 g/mol. The first-order valence-electron chi connectivity index (χ1n) is 11.8. The van der Waals surface area contributed by atoms with Crippen molar-refractivity contribution in [2.24, 2.45) is 5.73 Å². The lowest BCUT2D eigenvalue weighted by Crippen LogP contribution is -2.40. The molecule has 0 aliphatic carbocycles. The van der Waals surface area contributed by atoms with Crippen molar-refractivity contribution in [1.82, 2.24) is 10.2 Å². The molecule has 1 aliphatic rings. The van der Waals surface area contributed by atoms with Crippen molar-refractivity contribution in [3.05, 3.63) is 95.0 Å². The van der Waals surface area contributed by atoms with E-state index in [0.29, 0.717) is 5.56 Å². The van der Waals surface area contributed by atoms with E-state index >= 15 is 0 Å². The summed E-state index contributed by atoms with van der Waals surface area (Å²) in [5.74, 6) is -2.83. The number of aromatic nitrogens is 2. The zero-order valence-electron chi connectivity index (χ0n) is 22.1. The molecule has 41 heavy (non-hydrogen) atoms. The van der Waals surface area contributed by atoms with Crippen LogP contribution in [0.15, 0.2) is 94.3 Å². The number of nitrogens with zero attached hydrogens (tertiary/aromatic N) is 4. The summed E-state index contributed by atoms with van der Waals surface area (Å²) >= 11 is 0. The number of nitrogens with two attached hydrogens (primary N) is 1. The van der Waals surface area contributed by atoms with Gasteiger partial charge in [0, 0.05) is 11.8 Å². The van der Waals surface area contributed by atoms with Crippen molar-refractivity contribution in [2.45, 2.75) is 10.8 Å². The molecular formula is C27H24N6O7S. The first-order chi connectivity index (χ1) is 19.7. The van der Waals surface area contributed by atoms with E-state index in [-0.39, 0.29) is 44.9 Å². The van der Waals surface area contributed by atoms with E-state index in [1.807, 2.05) is 0 Å². The summed E-state index contributed by atoms with van der Waals surface area (Å²) in [4.78, 5) is 27.3. The largest absolute Gasteiger partial charge is 0.480 e. The summed E-state index contributed by atoms with van der Waals surface area (Å²) in [6.07, 6.45) is 0. The van der Waals surface area contributed by atoms with Crippen LogP contribution < -0.4 is 20.1 Å². The van der Waals surface area contributed by atoms with E-state index in [0.717, 1.165) is 19.1 Å². The third-order valence-corrected chi connectivity index (χ3v) is 7.47. The van der Waals surface area contributed by atoms with Crippen LogP contribution >= 0.6 is 0 Å². The van der Waals surface area contributed by atoms with Gasteiger partial charge in [-0.3, -0.25) is 9.62 Å². The van der Waals surface area contributed by atoms with Gasteiger partial charge in [-0.25, -0.2) is 18.0 Å². The van der Waals surface area contributed by atoms with Gasteiger partial charge in [0.15, 0.2) is 5.82 Å². The molecule has 1 aromatic heterocycles. The summed E-state index contributed by atoms with van der Waals surface area (Å²) in [5, 5.41) is 17.6. The van der Waals surface area contributed by atoms with Gasteiger partial charge in [-0.05, 0) is 35.9 Å². The molecule has 3 aromatic rings. The first kappa shape index (κ1) is 28.6. The molecule has 2 aromatic carbocycles. The summed E-state index contributed by atoms with van der Waals surface area (Å²) in [6, 6.07) is 18.6. The van der Waals surface area contributed by atoms with E-state index in [2.05, 4.69) is 21.0 Å². The molecule has 0 saturated carbocycles. The minimum Gasteiger partial charge on any atom is -0.480 e. The number of ether oxygens (including phenoxy) is 3. The van der Waals surface area contributed by atoms with Crippen LogP contribution in [-0.2, 0) is 29.1 Å². The Morgan fingerprint density at radius 3 is 2.15 bits per heavy atom. The van der Waals surface area contributed by atoms with Crippen molar-refractivity contribution in [3.63, 3.8) is 0 Å². The Bertz CT molecular complexity index is 1680. The molecule has 0 bridgehead atoms. The van der Waals surface area contributed by atoms with Gasteiger partial charge in [-0.2, -0.15) is 5.26 Å². The smallest absolute Gasteiger partial charge is 0.355 e. The number of benzene rings is 2. The molecule has 210 valence electrons. The second kappa shape index (κ2) is 11.8. The number of nitrogens with one attached hydrogen (secondary N) is 1. The van der Waals surface area contributed by atoms with Gasteiger partial charge < -0.3 is 19.9 Å². The number of sulfonamides is 1. The number of allylic oxidation sites excluding steroid dienone is 1. The van der Waals surface area contributed by atoms with Crippen LogP contribution in [0.1, 0.15) is 11.5 Å². The van der Waals surface area contributed by atoms with Gasteiger partial charge >= 0.3 is 11.9 Å². The van der Waals surface area contributed by atoms with Crippen LogP contribution in [0.2, 0.25) is 0 Å². The second-order valence-corrected chi connectivity index (χ2v) is 10.1. The average Bonchev–Trinajstić information content (AvgIpc) is 3.00. The molecule has 4 rings (SSSR count). The minimum absolute atomic E-state index is 0.0271. The zero-order valence-corrected chi connectivity index (χ0v) is 22.9. The minimum atomic E-state index is -4.10. The maximum atomic E-state index is 13.2. The molecule has 0 radical (unpaired) electrons. The molecule has 1 unspecified atom stereocenters. The SMILES string of the molecule is COC(=O)C1=C(C(=O)OC)N(c2ccc(S(=O)(=O)Nc3ccc(OC)nn3)cc2)C(N)=C(C#N)C1c1ccccc1. The standard InChI is InChI=1S/C27H24N6O7S/c1-38-21-14-13-20(30-31-21)32-41(36,37)18-11-9-17(10-12-18)33-24(27(35)40-3)23(26(34)39-2)22(19(15-28)25(33)29)16-7-5-4-6-8-16/h4-14,22H,29H2,1-3H3,(H,30,32). The number of hydrogen-bond donors (Lipinski definition) is 2. The molecule has 0 spiro atoms. The number of hydrogen-bond acceptors (Lipinski definition) is 12. The molecule has 14 heteroatoms. The molecule has 1 atom stereocenters.